The number of nitrogens with zero attached hydrogens (tertiary/aromatic N) is 1. The third-order valence-electron chi connectivity index (χ3n) is 7.44. The third kappa shape index (κ3) is 2.97. The first kappa shape index (κ1) is 20.6. The largest absolute Gasteiger partial charge is 0.490 e. The van der Waals surface area contributed by atoms with Crippen molar-refractivity contribution >= 4 is 21.4 Å². The van der Waals surface area contributed by atoms with E-state index in [1.807, 2.05) is 6.08 Å². The van der Waals surface area contributed by atoms with Gasteiger partial charge in [-0.1, -0.05) is 17.7 Å². The quantitative estimate of drug-likeness (QED) is 0.553. The number of halogens is 2. The molecule has 5 nitrogen and oxygen atoms in total. The Bertz CT molecular complexity index is 1230. The molecule has 8 heteroatoms. The van der Waals surface area contributed by atoms with E-state index in [-0.39, 0.29) is 29.4 Å². The van der Waals surface area contributed by atoms with Gasteiger partial charge in [0.2, 0.25) is 0 Å². The molecule has 6 rings (SSSR count). The highest BCUT2D eigenvalue weighted by Crippen LogP contribution is 2.83. The maximum Gasteiger partial charge on any atom is 0.165 e. The van der Waals surface area contributed by atoms with E-state index in [9.17, 15) is 12.8 Å². The van der Waals surface area contributed by atoms with Gasteiger partial charge in [0.25, 0.3) is 0 Å². The van der Waals surface area contributed by atoms with Crippen LogP contribution in [-0.2, 0) is 14.6 Å². The SMILES string of the molecule is O=S(=O)(CC1CC1)C12C=C1C21CCOC[C@@H]1COc1ccc(-c2ccc(Cl)cn2)cc1F. The number of aromatic nitrogens is 1. The second-order valence-corrected chi connectivity index (χ2v) is 12.0. The second-order valence-electron chi connectivity index (χ2n) is 9.33. The number of ether oxygens (including phenoxy) is 2. The number of sulfone groups is 1. The average Bonchev–Trinajstić information content (AvgIpc) is 3.67. The summed E-state index contributed by atoms with van der Waals surface area (Å²) >= 11 is 5.87. The molecule has 168 valence electrons. The normalized spacial score (nSPS) is 30.6. The molecule has 3 fully saturated rings. The second kappa shape index (κ2) is 7.02. The van der Waals surface area contributed by atoms with Gasteiger partial charge in [0.05, 0.1) is 29.7 Å². The zero-order chi connectivity index (χ0) is 22.1. The Hall–Kier alpha value is -1.96. The molecule has 3 aliphatic carbocycles. The lowest BCUT2D eigenvalue weighted by Gasteiger charge is -2.36. The topological polar surface area (TPSA) is 65.5 Å². The van der Waals surface area contributed by atoms with Crippen molar-refractivity contribution in [1.82, 2.24) is 4.98 Å². The van der Waals surface area contributed by atoms with Crippen molar-refractivity contribution in [3.05, 3.63) is 59.0 Å². The van der Waals surface area contributed by atoms with Crippen molar-refractivity contribution in [2.45, 2.75) is 24.0 Å². The summed E-state index contributed by atoms with van der Waals surface area (Å²) in [7, 11) is -3.21. The van der Waals surface area contributed by atoms with Crippen LogP contribution in [0.25, 0.3) is 11.3 Å². The van der Waals surface area contributed by atoms with Crippen molar-refractivity contribution in [1.29, 1.82) is 0 Å². The fourth-order valence-corrected chi connectivity index (χ4v) is 8.49. The maximum atomic E-state index is 14.8. The molecule has 2 unspecified atom stereocenters. The highest BCUT2D eigenvalue weighted by molar-refractivity contribution is 7.94. The van der Waals surface area contributed by atoms with E-state index in [0.29, 0.717) is 41.8 Å². The standard InChI is InChI=1S/C24H23ClFNO4S/c25-18-4-5-20(27-11-18)16-3-6-21(19(26)9-16)31-13-17-12-30-8-7-23(17)22-10-24(22,23)32(28,29)14-15-1-2-15/h3-6,9-11,15,17H,1-2,7-8,12-14H2/t17-,23?,24?/m1/s1. The first-order chi connectivity index (χ1) is 15.4. The molecule has 32 heavy (non-hydrogen) atoms. The fraction of sp³-hybridized carbons (Fsp3) is 0.458. The molecule has 3 atom stereocenters. The summed E-state index contributed by atoms with van der Waals surface area (Å²) in [5.41, 5.74) is 1.89. The van der Waals surface area contributed by atoms with Crippen molar-refractivity contribution in [3.63, 3.8) is 0 Å². The lowest BCUT2D eigenvalue weighted by Crippen LogP contribution is -2.43. The first-order valence-electron chi connectivity index (χ1n) is 11.0. The fourth-order valence-electron chi connectivity index (χ4n) is 5.46. The minimum absolute atomic E-state index is 0.109. The lowest BCUT2D eigenvalue weighted by atomic mass is 9.79. The average molecular weight is 476 g/mol. The summed E-state index contributed by atoms with van der Waals surface area (Å²) in [6.07, 6.45) is 6.13. The summed E-state index contributed by atoms with van der Waals surface area (Å²) in [4.78, 5) is 4.22. The van der Waals surface area contributed by atoms with Gasteiger partial charge in [-0.15, -0.1) is 0 Å². The zero-order valence-corrected chi connectivity index (χ0v) is 19.0. The predicted octanol–water partition coefficient (Wildman–Crippen LogP) is 4.46. The zero-order valence-electron chi connectivity index (χ0n) is 17.4. The van der Waals surface area contributed by atoms with Crippen LogP contribution in [0.15, 0.2) is 48.2 Å². The molecule has 4 aliphatic rings. The molecule has 1 spiro atoms. The van der Waals surface area contributed by atoms with E-state index >= 15 is 0 Å². The molecule has 0 bridgehead atoms. The number of hydrogen-bond donors (Lipinski definition) is 0. The summed E-state index contributed by atoms with van der Waals surface area (Å²) in [5.74, 6) is 0.141. The molecular weight excluding hydrogens is 453 g/mol. The van der Waals surface area contributed by atoms with Gasteiger partial charge in [0.15, 0.2) is 21.4 Å². The Kier molecular flexibility index (Phi) is 4.52. The van der Waals surface area contributed by atoms with Gasteiger partial charge >= 0.3 is 0 Å². The van der Waals surface area contributed by atoms with Crippen LogP contribution in [0.2, 0.25) is 5.02 Å². The maximum absolute atomic E-state index is 14.8. The van der Waals surface area contributed by atoms with Gasteiger partial charge in [-0.25, -0.2) is 12.8 Å². The van der Waals surface area contributed by atoms with Crippen molar-refractivity contribution < 1.29 is 22.3 Å². The van der Waals surface area contributed by atoms with Gasteiger partial charge in [0.1, 0.15) is 4.75 Å². The third-order valence-corrected chi connectivity index (χ3v) is 10.3. The number of pyridine rings is 1. The van der Waals surface area contributed by atoms with Gasteiger partial charge in [-0.05, 0) is 61.1 Å². The van der Waals surface area contributed by atoms with Crippen LogP contribution in [0, 0.1) is 23.1 Å². The Morgan fingerprint density at radius 3 is 2.78 bits per heavy atom. The summed E-state index contributed by atoms with van der Waals surface area (Å²) in [6, 6.07) is 8.16. The first-order valence-corrected chi connectivity index (χ1v) is 13.0. The molecule has 0 N–H and O–H groups in total. The van der Waals surface area contributed by atoms with Crippen LogP contribution in [0.1, 0.15) is 19.3 Å². The number of hydrogen-bond acceptors (Lipinski definition) is 5. The van der Waals surface area contributed by atoms with Crippen molar-refractivity contribution in [2.24, 2.45) is 17.3 Å². The summed E-state index contributed by atoms with van der Waals surface area (Å²) in [6.45, 7) is 1.19. The minimum Gasteiger partial charge on any atom is -0.490 e. The van der Waals surface area contributed by atoms with Crippen LogP contribution in [0.3, 0.4) is 0 Å². The predicted molar refractivity (Wildman–Crippen MR) is 119 cm³/mol. The molecule has 1 aromatic carbocycles. The van der Waals surface area contributed by atoms with E-state index in [0.717, 1.165) is 18.4 Å². The molecule has 0 amide bonds. The van der Waals surface area contributed by atoms with Crippen molar-refractivity contribution in [2.75, 3.05) is 25.6 Å². The highest BCUT2D eigenvalue weighted by atomic mass is 35.5. The number of fused-ring (bicyclic) bond motifs is 3. The van der Waals surface area contributed by atoms with E-state index in [1.54, 1.807) is 24.3 Å². The Balaban J connectivity index is 1.18. The molecular formula is C24H23ClFNO4S. The summed E-state index contributed by atoms with van der Waals surface area (Å²) in [5, 5.41) is 0.517. The van der Waals surface area contributed by atoms with Crippen LogP contribution in [0.5, 0.6) is 5.75 Å². The van der Waals surface area contributed by atoms with Crippen LogP contribution >= 0.6 is 11.6 Å². The van der Waals surface area contributed by atoms with Gasteiger partial charge < -0.3 is 9.47 Å². The van der Waals surface area contributed by atoms with Crippen molar-refractivity contribution in [3.8, 4) is 17.0 Å². The lowest BCUT2D eigenvalue weighted by molar-refractivity contribution is -0.0141. The molecule has 1 aliphatic heterocycles. The number of rotatable bonds is 7. The molecule has 1 aromatic heterocycles. The highest BCUT2D eigenvalue weighted by Gasteiger charge is 2.88. The number of benzene rings is 1. The van der Waals surface area contributed by atoms with E-state index in [4.69, 9.17) is 21.1 Å². The molecule has 0 radical (unpaired) electrons. The Morgan fingerprint density at radius 1 is 1.25 bits per heavy atom. The van der Waals surface area contributed by atoms with E-state index in [2.05, 4.69) is 4.98 Å². The molecule has 2 aromatic rings. The van der Waals surface area contributed by atoms with E-state index < -0.39 is 20.4 Å². The van der Waals surface area contributed by atoms with E-state index in [1.165, 1.54) is 12.3 Å². The summed E-state index contributed by atoms with van der Waals surface area (Å²) < 4.78 is 51.8. The molecule has 2 heterocycles. The van der Waals surface area contributed by atoms with Crippen LogP contribution < -0.4 is 4.74 Å². The molecule has 1 saturated heterocycles. The smallest absolute Gasteiger partial charge is 0.165 e. The Labute approximate surface area is 191 Å². The van der Waals surface area contributed by atoms with Crippen LogP contribution in [0.4, 0.5) is 4.39 Å². The minimum atomic E-state index is -3.21. The van der Waals surface area contributed by atoms with Gasteiger partial charge in [-0.2, -0.15) is 0 Å². The molecule has 2 saturated carbocycles. The Morgan fingerprint density at radius 2 is 2.09 bits per heavy atom. The van der Waals surface area contributed by atoms with Gasteiger partial charge in [-0.3, -0.25) is 4.98 Å². The van der Waals surface area contributed by atoms with Crippen LogP contribution in [-0.4, -0.2) is 43.7 Å². The monoisotopic (exact) mass is 475 g/mol. The van der Waals surface area contributed by atoms with Gasteiger partial charge in [0, 0.05) is 29.7 Å².